The van der Waals surface area contributed by atoms with E-state index in [1.807, 2.05) is 0 Å². The van der Waals surface area contributed by atoms with E-state index in [2.05, 4.69) is 3.10 Å². The van der Waals surface area contributed by atoms with Crippen LogP contribution < -0.4 is 6.15 Å². The largest absolute Gasteiger partial charge is 0.344 e. The fourth-order valence-electron chi connectivity index (χ4n) is 0.384. The molecule has 1 aliphatic rings. The Morgan fingerprint density at radius 3 is 2.00 bits per heavy atom. The molecule has 1 saturated heterocycles. The van der Waals surface area contributed by atoms with Crippen molar-refractivity contribution in [3.8, 4) is 0 Å². The van der Waals surface area contributed by atoms with E-state index in [0.29, 0.717) is 13.2 Å². The SMILES string of the molecule is Cl[Te]1(Cl)(Cl)OCC[OH+]1.N. The summed E-state index contributed by atoms with van der Waals surface area (Å²) in [6, 6.07) is 0. The van der Waals surface area contributed by atoms with E-state index in [9.17, 15) is 0 Å². The van der Waals surface area contributed by atoms with Crippen molar-refractivity contribution in [2.75, 3.05) is 13.2 Å². The predicted molar refractivity (Wildman–Crippen MR) is 41.4 cm³/mol. The summed E-state index contributed by atoms with van der Waals surface area (Å²) in [7, 11) is 16.7. The second-order valence-electron chi connectivity index (χ2n) is 1.32. The van der Waals surface area contributed by atoms with Crippen LogP contribution in [0.25, 0.3) is 0 Å². The van der Waals surface area contributed by atoms with E-state index in [4.69, 9.17) is 30.0 Å². The van der Waals surface area contributed by atoms with Gasteiger partial charge in [0.25, 0.3) is 0 Å². The number of hydrogen-bond donors (Lipinski definition) is 1. The van der Waals surface area contributed by atoms with Crippen molar-refractivity contribution >= 4 is 41.2 Å². The Balaban J connectivity index is 0.000000640. The molecule has 4 N–H and O–H groups in total. The molecule has 0 spiro atoms. The maximum atomic E-state index is 5.56. The van der Waals surface area contributed by atoms with Crippen molar-refractivity contribution in [2.45, 2.75) is 0 Å². The van der Waals surface area contributed by atoms with Crippen LogP contribution in [0.5, 0.6) is 0 Å². The number of aliphatic hydroxyl groups is 1. The third kappa shape index (κ3) is 3.45. The van der Waals surface area contributed by atoms with Gasteiger partial charge in [-0.25, -0.2) is 0 Å². The van der Waals surface area contributed by atoms with Gasteiger partial charge in [0.1, 0.15) is 0 Å². The summed E-state index contributed by atoms with van der Waals surface area (Å²) >= 11 is -4.07. The Kier molecular flexibility index (Phi) is 3.37. The fraction of sp³-hybridized carbons (Fsp3) is 1.00. The minimum atomic E-state index is -4.07. The minimum Gasteiger partial charge on any atom is -0.344 e. The molecule has 1 heterocycles. The zero-order chi connectivity index (χ0) is 6.28. The molecule has 0 aromatic rings. The number of rotatable bonds is 0. The molecule has 1 fully saturated rings. The topological polar surface area (TPSA) is 57.0 Å². The Bertz CT molecular complexity index is 102. The molecular weight excluding hydrogens is 304 g/mol. The Hall–Kier alpha value is 1.54. The van der Waals surface area contributed by atoms with Crippen molar-refractivity contribution in [3.63, 3.8) is 0 Å². The van der Waals surface area contributed by atoms with E-state index >= 15 is 0 Å². The summed E-state index contributed by atoms with van der Waals surface area (Å²) in [6.45, 7) is 1.00. The van der Waals surface area contributed by atoms with Crippen LogP contribution in [0.15, 0.2) is 0 Å². The molecule has 0 aliphatic carbocycles. The summed E-state index contributed by atoms with van der Waals surface area (Å²) in [5, 5.41) is 0. The van der Waals surface area contributed by atoms with Crippen LogP contribution in [0.2, 0.25) is 0 Å². The molecule has 0 bridgehead atoms. The average Bonchev–Trinajstić information content (AvgIpc) is 1.81. The van der Waals surface area contributed by atoms with Crippen molar-refractivity contribution in [1.82, 2.24) is 6.15 Å². The first-order chi connectivity index (χ1) is 3.47. The summed E-state index contributed by atoms with van der Waals surface area (Å²) < 4.78 is 8.62. The van der Waals surface area contributed by atoms with E-state index in [1.165, 1.54) is 0 Å². The molecule has 0 unspecified atom stereocenters. The van der Waals surface area contributed by atoms with Gasteiger partial charge >= 0.3 is 60.6 Å². The molecule has 3 nitrogen and oxygen atoms in total. The summed E-state index contributed by atoms with van der Waals surface area (Å²) in [5.41, 5.74) is 0. The van der Waals surface area contributed by atoms with Gasteiger partial charge in [0.05, 0.1) is 0 Å². The van der Waals surface area contributed by atoms with Gasteiger partial charge in [-0.1, -0.05) is 0 Å². The number of halogens is 3. The number of hydrogen-bond acceptors (Lipinski definition) is 2. The van der Waals surface area contributed by atoms with Gasteiger partial charge < -0.3 is 6.15 Å². The van der Waals surface area contributed by atoms with Gasteiger partial charge in [0.2, 0.25) is 0 Å². The van der Waals surface area contributed by atoms with Crippen LogP contribution in [-0.2, 0) is 3.10 Å². The molecular formula is C2H8Cl3NO2Te+. The molecule has 1 aliphatic heterocycles. The summed E-state index contributed by atoms with van der Waals surface area (Å²) in [5.74, 6) is 0. The van der Waals surface area contributed by atoms with Gasteiger partial charge in [-0.2, -0.15) is 0 Å². The van der Waals surface area contributed by atoms with Crippen molar-refractivity contribution in [2.24, 2.45) is 0 Å². The van der Waals surface area contributed by atoms with Gasteiger partial charge in [-0.3, -0.25) is 0 Å². The second kappa shape index (κ2) is 2.88. The molecule has 0 aromatic heterocycles. The maximum Gasteiger partial charge on any atom is -0.344 e. The van der Waals surface area contributed by atoms with E-state index < -0.39 is 14.3 Å². The normalized spacial score (nSPS) is 33.9. The quantitative estimate of drug-likeness (QED) is 0.542. The molecule has 9 heavy (non-hydrogen) atoms. The fourth-order valence-corrected chi connectivity index (χ4v) is 5.23. The molecule has 7 heteroatoms. The van der Waals surface area contributed by atoms with E-state index in [1.54, 1.807) is 0 Å². The van der Waals surface area contributed by atoms with Crippen molar-refractivity contribution in [1.29, 1.82) is 0 Å². The molecule has 59 valence electrons. The van der Waals surface area contributed by atoms with Gasteiger partial charge in [0.15, 0.2) is 0 Å². The third-order valence-corrected chi connectivity index (χ3v) is 7.60. The van der Waals surface area contributed by atoms with Crippen LogP contribution in [0.4, 0.5) is 0 Å². The molecule has 0 atom stereocenters. The zero-order valence-corrected chi connectivity index (χ0v) is 9.12. The van der Waals surface area contributed by atoms with E-state index in [-0.39, 0.29) is 6.15 Å². The van der Waals surface area contributed by atoms with Crippen LogP contribution in [-0.4, -0.2) is 30.6 Å². The third-order valence-electron chi connectivity index (χ3n) is 0.651. The van der Waals surface area contributed by atoms with Gasteiger partial charge in [-0.15, -0.1) is 0 Å². The molecule has 1 rings (SSSR count). The summed E-state index contributed by atoms with van der Waals surface area (Å²) in [4.78, 5) is 0. The summed E-state index contributed by atoms with van der Waals surface area (Å²) in [6.07, 6.45) is 0. The first kappa shape index (κ1) is 10.5. The zero-order valence-electron chi connectivity index (χ0n) is 4.52. The van der Waals surface area contributed by atoms with Crippen LogP contribution >= 0.6 is 26.9 Å². The van der Waals surface area contributed by atoms with E-state index in [0.717, 1.165) is 0 Å². The Morgan fingerprint density at radius 1 is 1.33 bits per heavy atom. The Labute approximate surface area is 66.4 Å². The van der Waals surface area contributed by atoms with Crippen LogP contribution in [0.3, 0.4) is 0 Å². The monoisotopic (exact) mass is 313 g/mol. The molecule has 0 saturated carbocycles. The first-order valence-electron chi connectivity index (χ1n) is 1.92. The minimum absolute atomic E-state index is 0. The van der Waals surface area contributed by atoms with Crippen molar-refractivity contribution < 1.29 is 6.20 Å². The van der Waals surface area contributed by atoms with Crippen molar-refractivity contribution in [3.05, 3.63) is 0 Å². The molecule has 0 amide bonds. The smallest absolute Gasteiger partial charge is 0.344 e. The average molecular weight is 312 g/mol. The first-order valence-corrected chi connectivity index (χ1v) is 12.8. The van der Waals surface area contributed by atoms with Gasteiger partial charge in [-0.05, 0) is 0 Å². The van der Waals surface area contributed by atoms with Crippen LogP contribution in [0.1, 0.15) is 0 Å². The second-order valence-corrected chi connectivity index (χ2v) is 21.1. The molecule has 1 radical (unpaired) electrons. The van der Waals surface area contributed by atoms with Crippen LogP contribution in [0, 0.1) is 0 Å². The standard InChI is InChI=1S/C2H5Cl3O2Te.H3N/c3-8(4,5)6-1-2-7-8;/h6H,1-2H2;1H3/q+1;. The Morgan fingerprint density at radius 2 is 1.89 bits per heavy atom. The molecule has 0 aromatic carbocycles. The maximum absolute atomic E-state index is 5.56. The van der Waals surface area contributed by atoms with Gasteiger partial charge in [0, 0.05) is 0 Å². The predicted octanol–water partition coefficient (Wildman–Crippen LogP) is 1.31.